The Bertz CT molecular complexity index is 172. The van der Waals surface area contributed by atoms with Crippen LogP contribution in [0.5, 0.6) is 0 Å². The van der Waals surface area contributed by atoms with E-state index in [0.717, 1.165) is 0 Å². The SMILES string of the molecule is C.O=C(O)C1CCCC1[N+](=O)[O-]. The lowest BCUT2D eigenvalue weighted by atomic mass is 10.1. The van der Waals surface area contributed by atoms with E-state index in [1.54, 1.807) is 0 Å². The van der Waals surface area contributed by atoms with Crippen LogP contribution in [0.4, 0.5) is 0 Å². The van der Waals surface area contributed by atoms with Crippen LogP contribution in [0.2, 0.25) is 0 Å². The molecule has 0 bridgehead atoms. The van der Waals surface area contributed by atoms with Crippen LogP contribution in [-0.4, -0.2) is 22.0 Å². The molecule has 1 saturated carbocycles. The number of nitro groups is 1. The lowest BCUT2D eigenvalue weighted by molar-refractivity contribution is -0.526. The van der Waals surface area contributed by atoms with Gasteiger partial charge in [-0.25, -0.2) is 0 Å². The maximum absolute atomic E-state index is 10.4. The van der Waals surface area contributed by atoms with Crippen molar-refractivity contribution in [2.45, 2.75) is 32.7 Å². The molecule has 0 amide bonds. The Morgan fingerprint density at radius 1 is 1.50 bits per heavy atom. The van der Waals surface area contributed by atoms with E-state index < -0.39 is 22.9 Å². The van der Waals surface area contributed by atoms with Gasteiger partial charge in [0, 0.05) is 11.3 Å². The summed E-state index contributed by atoms with van der Waals surface area (Å²) in [6.45, 7) is 0. The number of carboxylic acids is 1. The van der Waals surface area contributed by atoms with E-state index in [1.807, 2.05) is 0 Å². The highest BCUT2D eigenvalue weighted by Gasteiger charge is 2.41. The van der Waals surface area contributed by atoms with Crippen molar-refractivity contribution in [1.82, 2.24) is 0 Å². The van der Waals surface area contributed by atoms with Crippen LogP contribution in [0.3, 0.4) is 0 Å². The Morgan fingerprint density at radius 3 is 2.42 bits per heavy atom. The number of rotatable bonds is 2. The van der Waals surface area contributed by atoms with E-state index in [-0.39, 0.29) is 7.43 Å². The number of carbonyl (C=O) groups is 1. The van der Waals surface area contributed by atoms with Crippen molar-refractivity contribution in [3.8, 4) is 0 Å². The van der Waals surface area contributed by atoms with Gasteiger partial charge in [-0.1, -0.05) is 7.43 Å². The molecule has 1 fully saturated rings. The first kappa shape index (κ1) is 10.9. The van der Waals surface area contributed by atoms with Gasteiger partial charge in [0.15, 0.2) is 0 Å². The molecule has 0 aromatic heterocycles. The van der Waals surface area contributed by atoms with E-state index in [9.17, 15) is 14.9 Å². The molecule has 5 nitrogen and oxygen atoms in total. The summed E-state index contributed by atoms with van der Waals surface area (Å²) in [6.07, 6.45) is 1.51. The molecule has 0 heterocycles. The Labute approximate surface area is 70.5 Å². The quantitative estimate of drug-likeness (QED) is 0.504. The minimum absolute atomic E-state index is 0. The van der Waals surface area contributed by atoms with Gasteiger partial charge in [-0.05, 0) is 12.8 Å². The molecule has 0 aromatic rings. The topological polar surface area (TPSA) is 80.4 Å². The predicted molar refractivity (Wildman–Crippen MR) is 42.5 cm³/mol. The van der Waals surface area contributed by atoms with Gasteiger partial charge in [0.1, 0.15) is 5.92 Å². The average molecular weight is 175 g/mol. The van der Waals surface area contributed by atoms with Crippen molar-refractivity contribution >= 4 is 5.97 Å². The molecule has 0 aliphatic heterocycles. The minimum atomic E-state index is -1.04. The van der Waals surface area contributed by atoms with Crippen LogP contribution < -0.4 is 0 Å². The Hall–Kier alpha value is -1.13. The molecule has 5 heteroatoms. The molecule has 12 heavy (non-hydrogen) atoms. The molecule has 2 atom stereocenters. The van der Waals surface area contributed by atoms with Crippen molar-refractivity contribution in [3.05, 3.63) is 10.1 Å². The van der Waals surface area contributed by atoms with Gasteiger partial charge in [-0.2, -0.15) is 0 Å². The van der Waals surface area contributed by atoms with Gasteiger partial charge >= 0.3 is 5.97 Å². The third kappa shape index (κ3) is 1.93. The number of hydrogen-bond donors (Lipinski definition) is 1. The third-order valence-electron chi connectivity index (χ3n) is 2.07. The number of aliphatic carboxylic acids is 1. The molecule has 1 aliphatic rings. The van der Waals surface area contributed by atoms with Crippen LogP contribution in [0.1, 0.15) is 26.7 Å². The monoisotopic (exact) mass is 175 g/mol. The minimum Gasteiger partial charge on any atom is -0.481 e. The second kappa shape index (κ2) is 4.04. The smallest absolute Gasteiger partial charge is 0.313 e. The molecule has 2 unspecified atom stereocenters. The van der Waals surface area contributed by atoms with Gasteiger partial charge in [0.2, 0.25) is 6.04 Å². The summed E-state index contributed by atoms with van der Waals surface area (Å²) in [4.78, 5) is 20.2. The van der Waals surface area contributed by atoms with Crippen LogP contribution in [0.25, 0.3) is 0 Å². The number of carboxylic acid groups (broad SMARTS) is 1. The first-order valence-corrected chi connectivity index (χ1v) is 3.49. The predicted octanol–water partition coefficient (Wildman–Crippen LogP) is 1.15. The summed E-state index contributed by atoms with van der Waals surface area (Å²) >= 11 is 0. The van der Waals surface area contributed by atoms with Crippen molar-refractivity contribution < 1.29 is 14.8 Å². The van der Waals surface area contributed by atoms with Crippen LogP contribution in [0, 0.1) is 16.0 Å². The van der Waals surface area contributed by atoms with Gasteiger partial charge in [0.05, 0.1) is 0 Å². The standard InChI is InChI=1S/C6H9NO4.CH4/c8-6(9)4-2-1-3-5(4)7(10)11;/h4-5H,1-3H2,(H,8,9);1H4. The van der Waals surface area contributed by atoms with Crippen LogP contribution in [0.15, 0.2) is 0 Å². The second-order valence-electron chi connectivity index (χ2n) is 2.73. The van der Waals surface area contributed by atoms with E-state index in [4.69, 9.17) is 5.11 Å². The zero-order valence-corrected chi connectivity index (χ0v) is 5.90. The fourth-order valence-electron chi connectivity index (χ4n) is 1.48. The van der Waals surface area contributed by atoms with E-state index in [0.29, 0.717) is 19.3 Å². The molecule has 1 N–H and O–H groups in total. The molecular weight excluding hydrogens is 162 g/mol. The normalized spacial score (nSPS) is 27.7. The van der Waals surface area contributed by atoms with Crippen molar-refractivity contribution in [1.29, 1.82) is 0 Å². The van der Waals surface area contributed by atoms with Gasteiger partial charge in [-0.15, -0.1) is 0 Å². The average Bonchev–Trinajstić information content (AvgIpc) is 2.32. The highest BCUT2D eigenvalue weighted by atomic mass is 16.6. The highest BCUT2D eigenvalue weighted by Crippen LogP contribution is 2.27. The third-order valence-corrected chi connectivity index (χ3v) is 2.07. The summed E-state index contributed by atoms with van der Waals surface area (Å²) in [5, 5.41) is 18.8. The fraction of sp³-hybridized carbons (Fsp3) is 0.857. The number of nitrogens with zero attached hydrogens (tertiary/aromatic N) is 1. The Morgan fingerprint density at radius 2 is 2.08 bits per heavy atom. The molecule has 0 aromatic carbocycles. The maximum atomic E-state index is 10.4. The highest BCUT2D eigenvalue weighted by molar-refractivity contribution is 5.71. The summed E-state index contributed by atoms with van der Waals surface area (Å²) in [7, 11) is 0. The first-order chi connectivity index (χ1) is 5.13. The van der Waals surface area contributed by atoms with E-state index in [1.165, 1.54) is 0 Å². The van der Waals surface area contributed by atoms with Crippen molar-refractivity contribution in [2.75, 3.05) is 0 Å². The molecular formula is C7H13NO4. The van der Waals surface area contributed by atoms with Gasteiger partial charge in [0.25, 0.3) is 0 Å². The Balaban J connectivity index is 0.00000121. The number of hydrogen-bond acceptors (Lipinski definition) is 3. The summed E-state index contributed by atoms with van der Waals surface area (Å²) in [6, 6.07) is -0.854. The molecule has 1 aliphatic carbocycles. The van der Waals surface area contributed by atoms with Crippen molar-refractivity contribution in [2.24, 2.45) is 5.92 Å². The first-order valence-electron chi connectivity index (χ1n) is 3.49. The summed E-state index contributed by atoms with van der Waals surface area (Å²) in [5.41, 5.74) is 0. The van der Waals surface area contributed by atoms with E-state index >= 15 is 0 Å². The fourth-order valence-corrected chi connectivity index (χ4v) is 1.48. The van der Waals surface area contributed by atoms with Crippen LogP contribution in [-0.2, 0) is 4.79 Å². The molecule has 0 radical (unpaired) electrons. The van der Waals surface area contributed by atoms with Gasteiger partial charge in [-0.3, -0.25) is 14.9 Å². The molecule has 1 rings (SSSR count). The summed E-state index contributed by atoms with van der Waals surface area (Å²) < 4.78 is 0. The van der Waals surface area contributed by atoms with E-state index in [2.05, 4.69) is 0 Å². The zero-order chi connectivity index (χ0) is 8.43. The lowest BCUT2D eigenvalue weighted by Gasteiger charge is -2.06. The van der Waals surface area contributed by atoms with Gasteiger partial charge < -0.3 is 5.11 Å². The van der Waals surface area contributed by atoms with Crippen molar-refractivity contribution in [3.63, 3.8) is 0 Å². The maximum Gasteiger partial charge on any atom is 0.313 e. The second-order valence-corrected chi connectivity index (χ2v) is 2.73. The van der Waals surface area contributed by atoms with Crippen LogP contribution >= 0.6 is 0 Å². The Kier molecular flexibility index (Phi) is 3.66. The largest absolute Gasteiger partial charge is 0.481 e. The molecule has 0 spiro atoms. The lowest BCUT2D eigenvalue weighted by Crippen LogP contribution is -2.29. The molecule has 0 saturated heterocycles. The zero-order valence-electron chi connectivity index (χ0n) is 5.90. The molecule has 70 valence electrons. The summed E-state index contributed by atoms with van der Waals surface area (Å²) in [5.74, 6) is -1.80.